The fourth-order valence-electron chi connectivity index (χ4n) is 2.62. The fraction of sp³-hybridized carbons (Fsp3) is 0.429. The molecule has 1 aromatic carbocycles. The van der Waals surface area contributed by atoms with Crippen molar-refractivity contribution < 1.29 is 14.4 Å². The second kappa shape index (κ2) is 5.50. The van der Waals surface area contributed by atoms with Gasteiger partial charge in [0.1, 0.15) is 5.52 Å². The van der Waals surface area contributed by atoms with E-state index in [0.29, 0.717) is 28.7 Å². The number of hydrogen-bond acceptors (Lipinski definition) is 5. The van der Waals surface area contributed by atoms with Crippen LogP contribution in [-0.2, 0) is 0 Å². The molecule has 1 aliphatic rings. The van der Waals surface area contributed by atoms with Crippen molar-refractivity contribution in [1.82, 2.24) is 10.5 Å². The van der Waals surface area contributed by atoms with Gasteiger partial charge in [0.25, 0.3) is 11.9 Å². The molecule has 1 aliphatic carbocycles. The predicted octanol–water partition coefficient (Wildman–Crippen LogP) is 2.69. The first-order valence-electron chi connectivity index (χ1n) is 6.88. The van der Waals surface area contributed by atoms with Gasteiger partial charge in [0.15, 0.2) is 5.58 Å². The van der Waals surface area contributed by atoms with Gasteiger partial charge in [0, 0.05) is 11.6 Å². The number of hydrogen-bond donors (Lipinski definition) is 3. The summed E-state index contributed by atoms with van der Waals surface area (Å²) in [5.74, 6) is -0.559. The van der Waals surface area contributed by atoms with Gasteiger partial charge in [0.2, 0.25) is 0 Å². The van der Waals surface area contributed by atoms with Crippen LogP contribution in [0, 0.1) is 0 Å². The van der Waals surface area contributed by atoms with Crippen LogP contribution in [0.25, 0.3) is 11.1 Å². The zero-order valence-electron chi connectivity index (χ0n) is 11.1. The zero-order chi connectivity index (χ0) is 13.9. The van der Waals surface area contributed by atoms with Crippen LogP contribution in [0.4, 0.5) is 6.01 Å². The standard InChI is InChI=1S/C14H17N3O3/c18-13(17-19)9-6-7-12-11(8-9)16-14(20-12)15-10-4-2-1-3-5-10/h6-8,10,19H,1-5H2,(H,15,16)(H,17,18). The van der Waals surface area contributed by atoms with Crippen LogP contribution in [0.3, 0.4) is 0 Å². The quantitative estimate of drug-likeness (QED) is 0.592. The molecule has 0 bridgehead atoms. The van der Waals surface area contributed by atoms with E-state index in [2.05, 4.69) is 10.3 Å². The van der Waals surface area contributed by atoms with E-state index in [9.17, 15) is 4.79 Å². The van der Waals surface area contributed by atoms with Gasteiger partial charge in [-0.15, -0.1) is 0 Å². The van der Waals surface area contributed by atoms with Crippen LogP contribution in [0.5, 0.6) is 0 Å². The summed E-state index contributed by atoms with van der Waals surface area (Å²) in [6.07, 6.45) is 6.04. The highest BCUT2D eigenvalue weighted by Gasteiger charge is 2.16. The second-order valence-corrected chi connectivity index (χ2v) is 5.12. The summed E-state index contributed by atoms with van der Waals surface area (Å²) in [5.41, 5.74) is 3.17. The summed E-state index contributed by atoms with van der Waals surface area (Å²) in [7, 11) is 0. The van der Waals surface area contributed by atoms with Crippen molar-refractivity contribution in [1.29, 1.82) is 0 Å². The molecule has 0 aliphatic heterocycles. The van der Waals surface area contributed by atoms with Gasteiger partial charge < -0.3 is 9.73 Å². The van der Waals surface area contributed by atoms with E-state index in [-0.39, 0.29) is 0 Å². The lowest BCUT2D eigenvalue weighted by molar-refractivity contribution is 0.0706. The number of rotatable bonds is 3. The molecule has 3 rings (SSSR count). The Kier molecular flexibility index (Phi) is 3.56. The van der Waals surface area contributed by atoms with E-state index in [4.69, 9.17) is 9.62 Å². The average Bonchev–Trinajstić information content (AvgIpc) is 2.88. The highest BCUT2D eigenvalue weighted by molar-refractivity contribution is 5.96. The molecule has 0 unspecified atom stereocenters. The number of hydroxylamine groups is 1. The summed E-state index contributed by atoms with van der Waals surface area (Å²) < 4.78 is 5.62. The monoisotopic (exact) mass is 275 g/mol. The Morgan fingerprint density at radius 2 is 2.10 bits per heavy atom. The smallest absolute Gasteiger partial charge is 0.295 e. The number of amides is 1. The molecule has 1 aromatic heterocycles. The lowest BCUT2D eigenvalue weighted by Gasteiger charge is -2.21. The highest BCUT2D eigenvalue weighted by atomic mass is 16.5. The van der Waals surface area contributed by atoms with Crippen molar-refractivity contribution in [3.8, 4) is 0 Å². The lowest BCUT2D eigenvalue weighted by atomic mass is 9.96. The van der Waals surface area contributed by atoms with Gasteiger partial charge in [-0.05, 0) is 31.0 Å². The summed E-state index contributed by atoms with van der Waals surface area (Å²) in [5, 5.41) is 11.9. The first kappa shape index (κ1) is 12.9. The number of carbonyl (C=O) groups excluding carboxylic acids is 1. The Balaban J connectivity index is 1.81. The Hall–Kier alpha value is -2.08. The molecule has 1 amide bonds. The van der Waals surface area contributed by atoms with Gasteiger partial charge in [-0.1, -0.05) is 19.3 Å². The largest absolute Gasteiger partial charge is 0.424 e. The number of fused-ring (bicyclic) bond motifs is 1. The molecule has 0 radical (unpaired) electrons. The van der Waals surface area contributed by atoms with Crippen molar-refractivity contribution in [3.63, 3.8) is 0 Å². The van der Waals surface area contributed by atoms with Gasteiger partial charge >= 0.3 is 0 Å². The fourth-order valence-corrected chi connectivity index (χ4v) is 2.62. The van der Waals surface area contributed by atoms with E-state index >= 15 is 0 Å². The highest BCUT2D eigenvalue weighted by Crippen LogP contribution is 2.24. The molecule has 20 heavy (non-hydrogen) atoms. The minimum Gasteiger partial charge on any atom is -0.424 e. The molecule has 0 spiro atoms. The van der Waals surface area contributed by atoms with Crippen LogP contribution in [0.2, 0.25) is 0 Å². The van der Waals surface area contributed by atoms with E-state index in [1.165, 1.54) is 19.3 Å². The maximum atomic E-state index is 11.3. The van der Waals surface area contributed by atoms with E-state index in [1.807, 2.05) is 0 Å². The molecule has 3 N–H and O–H groups in total. The number of carbonyl (C=O) groups is 1. The molecule has 0 saturated heterocycles. The molecular weight excluding hydrogens is 258 g/mol. The molecule has 0 atom stereocenters. The van der Waals surface area contributed by atoms with E-state index in [1.54, 1.807) is 23.7 Å². The summed E-state index contributed by atoms with van der Waals surface area (Å²) in [6, 6.07) is 5.77. The number of aromatic nitrogens is 1. The Morgan fingerprint density at radius 1 is 1.30 bits per heavy atom. The Morgan fingerprint density at radius 3 is 2.85 bits per heavy atom. The number of nitrogens with one attached hydrogen (secondary N) is 2. The predicted molar refractivity (Wildman–Crippen MR) is 73.8 cm³/mol. The lowest BCUT2D eigenvalue weighted by Crippen LogP contribution is -2.22. The topological polar surface area (TPSA) is 87.4 Å². The van der Waals surface area contributed by atoms with Crippen LogP contribution < -0.4 is 10.8 Å². The van der Waals surface area contributed by atoms with Gasteiger partial charge in [-0.2, -0.15) is 4.98 Å². The first-order chi connectivity index (χ1) is 9.76. The minimum absolute atomic E-state index is 0.345. The molecule has 6 nitrogen and oxygen atoms in total. The molecule has 2 aromatic rings. The number of nitrogens with zero attached hydrogens (tertiary/aromatic N) is 1. The molecule has 1 saturated carbocycles. The van der Waals surface area contributed by atoms with Crippen molar-refractivity contribution in [2.75, 3.05) is 5.32 Å². The first-order valence-corrected chi connectivity index (χ1v) is 6.88. The van der Waals surface area contributed by atoms with Crippen LogP contribution >= 0.6 is 0 Å². The molecule has 1 fully saturated rings. The Labute approximate surface area is 116 Å². The number of oxazole rings is 1. The normalized spacial score (nSPS) is 16.2. The number of anilines is 1. The third-order valence-electron chi connectivity index (χ3n) is 3.68. The third kappa shape index (κ3) is 2.60. The van der Waals surface area contributed by atoms with Crippen LogP contribution in [0.15, 0.2) is 22.6 Å². The zero-order valence-corrected chi connectivity index (χ0v) is 11.1. The van der Waals surface area contributed by atoms with Crippen molar-refractivity contribution in [3.05, 3.63) is 23.8 Å². The van der Waals surface area contributed by atoms with Crippen molar-refractivity contribution in [2.24, 2.45) is 0 Å². The van der Waals surface area contributed by atoms with Crippen molar-refractivity contribution >= 4 is 23.0 Å². The SMILES string of the molecule is O=C(NO)c1ccc2oc(NC3CCCCC3)nc2c1. The molecule has 6 heteroatoms. The molecule has 1 heterocycles. The maximum absolute atomic E-state index is 11.3. The van der Waals surface area contributed by atoms with E-state index < -0.39 is 5.91 Å². The third-order valence-corrected chi connectivity index (χ3v) is 3.68. The van der Waals surface area contributed by atoms with Gasteiger partial charge in [-0.3, -0.25) is 10.0 Å². The van der Waals surface area contributed by atoms with Gasteiger partial charge in [-0.25, -0.2) is 5.48 Å². The summed E-state index contributed by atoms with van der Waals surface area (Å²) in [6.45, 7) is 0. The van der Waals surface area contributed by atoms with Crippen molar-refractivity contribution in [2.45, 2.75) is 38.1 Å². The minimum atomic E-state index is -0.559. The van der Waals surface area contributed by atoms with Gasteiger partial charge in [0.05, 0.1) is 0 Å². The summed E-state index contributed by atoms with van der Waals surface area (Å²) >= 11 is 0. The average molecular weight is 275 g/mol. The number of benzene rings is 1. The maximum Gasteiger partial charge on any atom is 0.295 e. The van der Waals surface area contributed by atoms with Crippen LogP contribution in [0.1, 0.15) is 42.5 Å². The van der Waals surface area contributed by atoms with Crippen LogP contribution in [-0.4, -0.2) is 22.1 Å². The second-order valence-electron chi connectivity index (χ2n) is 5.12. The molecule has 106 valence electrons. The summed E-state index contributed by atoms with van der Waals surface area (Å²) in [4.78, 5) is 15.7. The molecular formula is C14H17N3O3. The van der Waals surface area contributed by atoms with E-state index in [0.717, 1.165) is 12.8 Å². The Bertz CT molecular complexity index is 617.